The molecule has 0 radical (unpaired) electrons. The fraction of sp³-hybridized carbons (Fsp3) is 0.286. The number of aromatic nitrogens is 2. The van der Waals surface area contributed by atoms with Gasteiger partial charge in [0.2, 0.25) is 0 Å². The van der Waals surface area contributed by atoms with Gasteiger partial charge in [0, 0.05) is 12.7 Å². The molecule has 0 saturated carbocycles. The molecule has 0 spiro atoms. The molecule has 1 aromatic carbocycles. The summed E-state index contributed by atoms with van der Waals surface area (Å²) in [6.07, 6.45) is 1.57. The average Bonchev–Trinajstić information content (AvgIpc) is 2.81. The Morgan fingerprint density at radius 2 is 2.05 bits per heavy atom. The SMILES string of the molecule is CCOC(=O)c1ncn(C)c1Nc1ccc(OC)cc1. The molecule has 6 nitrogen and oxygen atoms in total. The maximum Gasteiger partial charge on any atom is 0.360 e. The van der Waals surface area contributed by atoms with E-state index in [4.69, 9.17) is 9.47 Å². The second kappa shape index (κ2) is 6.10. The highest BCUT2D eigenvalue weighted by Crippen LogP contribution is 2.22. The van der Waals surface area contributed by atoms with E-state index in [0.29, 0.717) is 12.4 Å². The largest absolute Gasteiger partial charge is 0.497 e. The minimum Gasteiger partial charge on any atom is -0.497 e. The fourth-order valence-corrected chi connectivity index (χ4v) is 1.74. The molecule has 0 saturated heterocycles. The van der Waals surface area contributed by atoms with Gasteiger partial charge in [-0.05, 0) is 31.2 Å². The predicted octanol–water partition coefficient (Wildman–Crippen LogP) is 2.35. The number of benzene rings is 1. The molecule has 0 fully saturated rings. The van der Waals surface area contributed by atoms with Gasteiger partial charge in [-0.15, -0.1) is 0 Å². The third-order valence-corrected chi connectivity index (χ3v) is 2.76. The van der Waals surface area contributed by atoms with Crippen LogP contribution in [0, 0.1) is 0 Å². The van der Waals surface area contributed by atoms with Gasteiger partial charge in [0.1, 0.15) is 11.6 Å². The fourth-order valence-electron chi connectivity index (χ4n) is 1.74. The van der Waals surface area contributed by atoms with Crippen molar-refractivity contribution in [2.45, 2.75) is 6.92 Å². The van der Waals surface area contributed by atoms with Crippen molar-refractivity contribution >= 4 is 17.5 Å². The number of carbonyl (C=O) groups excluding carboxylic acids is 1. The number of hydrogen-bond donors (Lipinski definition) is 1. The number of methoxy groups -OCH3 is 1. The number of carbonyl (C=O) groups is 1. The van der Waals surface area contributed by atoms with Gasteiger partial charge in [-0.2, -0.15) is 0 Å². The van der Waals surface area contributed by atoms with Gasteiger partial charge in [-0.1, -0.05) is 0 Å². The van der Waals surface area contributed by atoms with Gasteiger partial charge in [0.05, 0.1) is 20.0 Å². The Hall–Kier alpha value is -2.50. The third kappa shape index (κ3) is 2.90. The molecule has 2 rings (SSSR count). The Labute approximate surface area is 117 Å². The molecule has 0 atom stereocenters. The Morgan fingerprint density at radius 1 is 1.35 bits per heavy atom. The van der Waals surface area contributed by atoms with Gasteiger partial charge in [0.15, 0.2) is 5.69 Å². The molecule has 1 heterocycles. The summed E-state index contributed by atoms with van der Waals surface area (Å²) in [7, 11) is 3.42. The van der Waals surface area contributed by atoms with Crippen molar-refractivity contribution in [3.63, 3.8) is 0 Å². The monoisotopic (exact) mass is 275 g/mol. The number of rotatable bonds is 5. The van der Waals surface area contributed by atoms with E-state index in [2.05, 4.69) is 10.3 Å². The molecule has 0 amide bonds. The van der Waals surface area contributed by atoms with E-state index in [1.807, 2.05) is 31.3 Å². The summed E-state index contributed by atoms with van der Waals surface area (Å²) in [5, 5.41) is 3.16. The van der Waals surface area contributed by atoms with Crippen molar-refractivity contribution in [1.82, 2.24) is 9.55 Å². The van der Waals surface area contributed by atoms with E-state index in [1.54, 1.807) is 24.9 Å². The van der Waals surface area contributed by atoms with Crippen molar-refractivity contribution in [1.29, 1.82) is 0 Å². The highest BCUT2D eigenvalue weighted by atomic mass is 16.5. The Balaban J connectivity index is 2.23. The lowest BCUT2D eigenvalue weighted by molar-refractivity contribution is 0.0521. The second-order valence-electron chi connectivity index (χ2n) is 4.13. The van der Waals surface area contributed by atoms with E-state index < -0.39 is 5.97 Å². The first-order valence-corrected chi connectivity index (χ1v) is 6.25. The van der Waals surface area contributed by atoms with Crippen molar-refractivity contribution in [3.8, 4) is 5.75 Å². The van der Waals surface area contributed by atoms with Crippen LogP contribution in [0.2, 0.25) is 0 Å². The molecule has 0 aliphatic carbocycles. The van der Waals surface area contributed by atoms with Crippen LogP contribution in [0.1, 0.15) is 17.4 Å². The van der Waals surface area contributed by atoms with Crippen LogP contribution in [0.3, 0.4) is 0 Å². The topological polar surface area (TPSA) is 65.4 Å². The average molecular weight is 275 g/mol. The van der Waals surface area contributed by atoms with Crippen LogP contribution in [0.5, 0.6) is 5.75 Å². The van der Waals surface area contributed by atoms with Crippen LogP contribution < -0.4 is 10.1 Å². The smallest absolute Gasteiger partial charge is 0.360 e. The molecule has 0 unspecified atom stereocenters. The number of nitrogens with zero attached hydrogens (tertiary/aromatic N) is 2. The lowest BCUT2D eigenvalue weighted by atomic mass is 10.3. The Morgan fingerprint density at radius 3 is 2.65 bits per heavy atom. The molecule has 1 N–H and O–H groups in total. The van der Waals surface area contributed by atoms with Crippen LogP contribution in [-0.2, 0) is 11.8 Å². The summed E-state index contributed by atoms with van der Waals surface area (Å²) in [6, 6.07) is 7.40. The summed E-state index contributed by atoms with van der Waals surface area (Å²) in [4.78, 5) is 15.9. The molecule has 20 heavy (non-hydrogen) atoms. The molecular weight excluding hydrogens is 258 g/mol. The molecule has 0 bridgehead atoms. The van der Waals surface area contributed by atoms with Crippen molar-refractivity contribution in [2.75, 3.05) is 19.0 Å². The molecule has 1 aromatic heterocycles. The zero-order chi connectivity index (χ0) is 14.5. The van der Waals surface area contributed by atoms with E-state index in [0.717, 1.165) is 11.4 Å². The maximum atomic E-state index is 11.8. The van der Waals surface area contributed by atoms with Gasteiger partial charge in [0.25, 0.3) is 0 Å². The van der Waals surface area contributed by atoms with Crippen molar-refractivity contribution in [3.05, 3.63) is 36.3 Å². The molecule has 0 aliphatic rings. The van der Waals surface area contributed by atoms with E-state index in [-0.39, 0.29) is 5.69 Å². The minimum absolute atomic E-state index is 0.269. The Bertz CT molecular complexity index is 590. The molecule has 6 heteroatoms. The molecule has 106 valence electrons. The number of hydrogen-bond acceptors (Lipinski definition) is 5. The highest BCUT2D eigenvalue weighted by Gasteiger charge is 2.18. The van der Waals surface area contributed by atoms with Crippen LogP contribution in [0.4, 0.5) is 11.5 Å². The summed E-state index contributed by atoms with van der Waals surface area (Å²) in [5.74, 6) is 0.920. The van der Waals surface area contributed by atoms with Gasteiger partial charge in [-0.25, -0.2) is 9.78 Å². The molecule has 0 aliphatic heterocycles. The van der Waals surface area contributed by atoms with Crippen LogP contribution in [-0.4, -0.2) is 29.2 Å². The van der Waals surface area contributed by atoms with Crippen LogP contribution in [0.15, 0.2) is 30.6 Å². The normalized spacial score (nSPS) is 10.2. The van der Waals surface area contributed by atoms with Crippen LogP contribution in [0.25, 0.3) is 0 Å². The highest BCUT2D eigenvalue weighted by molar-refractivity contribution is 5.93. The predicted molar refractivity (Wildman–Crippen MR) is 75.4 cm³/mol. The van der Waals surface area contributed by atoms with Crippen molar-refractivity contribution < 1.29 is 14.3 Å². The Kier molecular flexibility index (Phi) is 4.24. The number of aryl methyl sites for hydroxylation is 1. The first-order chi connectivity index (χ1) is 9.65. The zero-order valence-electron chi connectivity index (χ0n) is 11.7. The quantitative estimate of drug-likeness (QED) is 0.848. The van der Waals surface area contributed by atoms with Gasteiger partial charge < -0.3 is 19.4 Å². The number of anilines is 2. The zero-order valence-corrected chi connectivity index (χ0v) is 11.7. The standard InChI is InChI=1S/C14H17N3O3/c1-4-20-14(18)12-13(17(2)9-15-12)16-10-5-7-11(19-3)8-6-10/h5-9,16H,4H2,1-3H3. The molecular formula is C14H17N3O3. The number of esters is 1. The number of ether oxygens (including phenoxy) is 2. The van der Waals surface area contributed by atoms with E-state index in [1.165, 1.54) is 0 Å². The second-order valence-corrected chi connectivity index (χ2v) is 4.13. The summed E-state index contributed by atoms with van der Waals surface area (Å²) in [6.45, 7) is 2.08. The maximum absolute atomic E-state index is 11.8. The van der Waals surface area contributed by atoms with E-state index in [9.17, 15) is 4.79 Å². The minimum atomic E-state index is -0.441. The van der Waals surface area contributed by atoms with Gasteiger partial charge in [-0.3, -0.25) is 0 Å². The lowest BCUT2D eigenvalue weighted by Crippen LogP contribution is -2.09. The first-order valence-electron chi connectivity index (χ1n) is 6.25. The third-order valence-electron chi connectivity index (χ3n) is 2.76. The molecule has 2 aromatic rings. The number of nitrogens with one attached hydrogen (secondary N) is 1. The van der Waals surface area contributed by atoms with Crippen molar-refractivity contribution in [2.24, 2.45) is 7.05 Å². The number of imidazole rings is 1. The van der Waals surface area contributed by atoms with Gasteiger partial charge >= 0.3 is 5.97 Å². The van der Waals surface area contributed by atoms with E-state index >= 15 is 0 Å². The summed E-state index contributed by atoms with van der Waals surface area (Å²) < 4.78 is 11.8. The summed E-state index contributed by atoms with van der Waals surface area (Å²) >= 11 is 0. The summed E-state index contributed by atoms with van der Waals surface area (Å²) in [5.41, 5.74) is 1.10. The first kappa shape index (κ1) is 13.9. The van der Waals surface area contributed by atoms with Crippen LogP contribution >= 0.6 is 0 Å². The lowest BCUT2D eigenvalue weighted by Gasteiger charge is -2.09.